The molecule has 0 saturated carbocycles. The fourth-order valence-corrected chi connectivity index (χ4v) is 3.03. The van der Waals surface area contributed by atoms with Crippen molar-refractivity contribution in [3.63, 3.8) is 0 Å². The number of H-pyrrole nitrogens is 1. The summed E-state index contributed by atoms with van der Waals surface area (Å²) in [4.78, 5) is 12.6. The van der Waals surface area contributed by atoms with Crippen LogP contribution in [0, 0.1) is 0 Å². The molecule has 1 aromatic heterocycles. The SMILES string of the molecule is CC(NC(=O)c1cc(-c2ccccc2)n[nH]1)c1ccc2ccccc2c1. The van der Waals surface area contributed by atoms with E-state index in [1.54, 1.807) is 6.07 Å². The van der Waals surface area contributed by atoms with Gasteiger partial charge in [0.15, 0.2) is 0 Å². The highest BCUT2D eigenvalue weighted by atomic mass is 16.2. The van der Waals surface area contributed by atoms with Crippen LogP contribution in [0.15, 0.2) is 78.9 Å². The molecular formula is C22H19N3O. The number of carbonyl (C=O) groups excluding carboxylic acids is 1. The van der Waals surface area contributed by atoms with Crippen molar-refractivity contribution in [3.8, 4) is 11.3 Å². The number of amides is 1. The molecular weight excluding hydrogens is 322 g/mol. The average molecular weight is 341 g/mol. The van der Waals surface area contributed by atoms with Crippen LogP contribution >= 0.6 is 0 Å². The highest BCUT2D eigenvalue weighted by molar-refractivity contribution is 5.93. The number of hydrogen-bond acceptors (Lipinski definition) is 2. The maximum Gasteiger partial charge on any atom is 0.269 e. The van der Waals surface area contributed by atoms with Crippen LogP contribution in [0.25, 0.3) is 22.0 Å². The predicted molar refractivity (Wildman–Crippen MR) is 104 cm³/mol. The fourth-order valence-electron chi connectivity index (χ4n) is 3.03. The van der Waals surface area contributed by atoms with E-state index >= 15 is 0 Å². The van der Waals surface area contributed by atoms with Gasteiger partial charge in [-0.05, 0) is 35.4 Å². The Morgan fingerprint density at radius 1 is 0.923 bits per heavy atom. The second-order valence-corrected chi connectivity index (χ2v) is 6.33. The number of hydrogen-bond donors (Lipinski definition) is 2. The highest BCUT2D eigenvalue weighted by Crippen LogP contribution is 2.21. The number of rotatable bonds is 4. The van der Waals surface area contributed by atoms with Crippen LogP contribution in [0.1, 0.15) is 29.0 Å². The Bertz CT molecular complexity index is 1050. The van der Waals surface area contributed by atoms with E-state index in [1.807, 2.05) is 49.4 Å². The molecule has 4 heteroatoms. The van der Waals surface area contributed by atoms with Crippen LogP contribution in [-0.2, 0) is 0 Å². The third kappa shape index (κ3) is 3.22. The van der Waals surface area contributed by atoms with Gasteiger partial charge in [0.05, 0.1) is 11.7 Å². The summed E-state index contributed by atoms with van der Waals surface area (Å²) in [5.41, 5.74) is 3.26. The molecule has 0 fully saturated rings. The van der Waals surface area contributed by atoms with Crippen molar-refractivity contribution in [2.75, 3.05) is 0 Å². The zero-order valence-corrected chi connectivity index (χ0v) is 14.4. The number of fused-ring (bicyclic) bond motifs is 1. The van der Waals surface area contributed by atoms with E-state index in [0.717, 1.165) is 16.8 Å². The molecule has 0 saturated heterocycles. The third-order valence-electron chi connectivity index (χ3n) is 4.51. The lowest BCUT2D eigenvalue weighted by molar-refractivity contribution is 0.0935. The van der Waals surface area contributed by atoms with E-state index in [1.165, 1.54) is 10.8 Å². The van der Waals surface area contributed by atoms with Gasteiger partial charge in [-0.1, -0.05) is 66.7 Å². The van der Waals surface area contributed by atoms with Crippen molar-refractivity contribution in [1.29, 1.82) is 0 Å². The van der Waals surface area contributed by atoms with E-state index in [2.05, 4.69) is 45.8 Å². The van der Waals surface area contributed by atoms with Crippen molar-refractivity contribution in [2.45, 2.75) is 13.0 Å². The van der Waals surface area contributed by atoms with Gasteiger partial charge in [0.2, 0.25) is 0 Å². The summed E-state index contributed by atoms with van der Waals surface area (Å²) >= 11 is 0. The number of aromatic nitrogens is 2. The van der Waals surface area contributed by atoms with E-state index in [-0.39, 0.29) is 11.9 Å². The molecule has 0 spiro atoms. The van der Waals surface area contributed by atoms with Gasteiger partial charge < -0.3 is 5.32 Å². The lowest BCUT2D eigenvalue weighted by atomic mass is 10.0. The maximum atomic E-state index is 12.6. The van der Waals surface area contributed by atoms with E-state index in [9.17, 15) is 4.79 Å². The molecule has 0 aliphatic rings. The smallest absolute Gasteiger partial charge is 0.269 e. The average Bonchev–Trinajstić information content (AvgIpc) is 3.18. The second-order valence-electron chi connectivity index (χ2n) is 6.33. The van der Waals surface area contributed by atoms with Gasteiger partial charge in [-0.15, -0.1) is 0 Å². The van der Waals surface area contributed by atoms with Gasteiger partial charge in [-0.3, -0.25) is 9.89 Å². The van der Waals surface area contributed by atoms with Crippen LogP contribution in [0.3, 0.4) is 0 Å². The molecule has 0 bridgehead atoms. The molecule has 0 aliphatic carbocycles. The Labute approximate surface area is 151 Å². The summed E-state index contributed by atoms with van der Waals surface area (Å²) in [6.45, 7) is 1.98. The van der Waals surface area contributed by atoms with Gasteiger partial charge in [0.1, 0.15) is 5.69 Å². The molecule has 1 heterocycles. The summed E-state index contributed by atoms with van der Waals surface area (Å²) in [7, 11) is 0. The number of nitrogens with zero attached hydrogens (tertiary/aromatic N) is 1. The van der Waals surface area contributed by atoms with Crippen molar-refractivity contribution in [3.05, 3.63) is 90.1 Å². The molecule has 2 N–H and O–H groups in total. The predicted octanol–water partition coefficient (Wildman–Crippen LogP) is 4.72. The minimum absolute atomic E-state index is 0.101. The van der Waals surface area contributed by atoms with E-state index < -0.39 is 0 Å². The summed E-state index contributed by atoms with van der Waals surface area (Å²) in [5.74, 6) is -0.166. The topological polar surface area (TPSA) is 57.8 Å². The van der Waals surface area contributed by atoms with Crippen molar-refractivity contribution in [1.82, 2.24) is 15.5 Å². The first-order valence-electron chi connectivity index (χ1n) is 8.61. The van der Waals surface area contributed by atoms with Gasteiger partial charge in [-0.25, -0.2) is 0 Å². The van der Waals surface area contributed by atoms with Crippen molar-refractivity contribution in [2.24, 2.45) is 0 Å². The van der Waals surface area contributed by atoms with E-state index in [0.29, 0.717) is 5.69 Å². The summed E-state index contributed by atoms with van der Waals surface area (Å²) < 4.78 is 0. The minimum atomic E-state index is -0.166. The van der Waals surface area contributed by atoms with Gasteiger partial charge >= 0.3 is 0 Å². The fraction of sp³-hybridized carbons (Fsp3) is 0.0909. The van der Waals surface area contributed by atoms with Gasteiger partial charge in [0.25, 0.3) is 5.91 Å². The monoisotopic (exact) mass is 341 g/mol. The second kappa shape index (κ2) is 6.84. The molecule has 3 aromatic carbocycles. The molecule has 0 radical (unpaired) electrons. The Kier molecular flexibility index (Phi) is 4.23. The normalized spacial score (nSPS) is 12.0. The minimum Gasteiger partial charge on any atom is -0.344 e. The summed E-state index contributed by atoms with van der Waals surface area (Å²) in [6, 6.07) is 25.9. The van der Waals surface area contributed by atoms with Gasteiger partial charge in [-0.2, -0.15) is 5.10 Å². The summed E-state index contributed by atoms with van der Waals surface area (Å²) in [6.07, 6.45) is 0. The lowest BCUT2D eigenvalue weighted by Crippen LogP contribution is -2.26. The van der Waals surface area contributed by atoms with E-state index in [4.69, 9.17) is 0 Å². The van der Waals surface area contributed by atoms with Gasteiger partial charge in [0, 0.05) is 5.56 Å². The quantitative estimate of drug-likeness (QED) is 0.564. The van der Waals surface area contributed by atoms with Crippen LogP contribution in [0.4, 0.5) is 0 Å². The molecule has 4 rings (SSSR count). The Balaban J connectivity index is 1.51. The van der Waals surface area contributed by atoms with Crippen molar-refractivity contribution >= 4 is 16.7 Å². The standard InChI is InChI=1S/C22H19N3O/c1-15(18-12-11-16-7-5-6-10-19(16)13-18)23-22(26)21-14-20(24-25-21)17-8-3-2-4-9-17/h2-15H,1H3,(H,23,26)(H,24,25). The Hall–Kier alpha value is -3.40. The molecule has 4 aromatic rings. The zero-order chi connectivity index (χ0) is 17.9. The largest absolute Gasteiger partial charge is 0.344 e. The highest BCUT2D eigenvalue weighted by Gasteiger charge is 2.15. The zero-order valence-electron chi connectivity index (χ0n) is 14.4. The van der Waals surface area contributed by atoms with Crippen LogP contribution in [0.2, 0.25) is 0 Å². The molecule has 1 amide bonds. The molecule has 128 valence electrons. The van der Waals surface area contributed by atoms with Crippen LogP contribution in [-0.4, -0.2) is 16.1 Å². The molecule has 26 heavy (non-hydrogen) atoms. The number of aromatic amines is 1. The third-order valence-corrected chi connectivity index (χ3v) is 4.51. The molecule has 1 unspecified atom stereocenters. The lowest BCUT2D eigenvalue weighted by Gasteiger charge is -2.14. The number of nitrogens with one attached hydrogen (secondary N) is 2. The summed E-state index contributed by atoms with van der Waals surface area (Å²) in [5, 5.41) is 12.5. The molecule has 0 aliphatic heterocycles. The Morgan fingerprint density at radius 3 is 2.46 bits per heavy atom. The Morgan fingerprint density at radius 2 is 1.65 bits per heavy atom. The molecule has 4 nitrogen and oxygen atoms in total. The molecule has 1 atom stereocenters. The maximum absolute atomic E-state index is 12.6. The first kappa shape index (κ1) is 16.1. The number of carbonyl (C=O) groups is 1. The van der Waals surface area contributed by atoms with Crippen molar-refractivity contribution < 1.29 is 4.79 Å². The first-order valence-corrected chi connectivity index (χ1v) is 8.61. The van der Waals surface area contributed by atoms with Crippen LogP contribution in [0.5, 0.6) is 0 Å². The number of benzene rings is 3. The van der Waals surface area contributed by atoms with Crippen LogP contribution < -0.4 is 5.32 Å². The first-order chi connectivity index (χ1) is 12.7.